The zero-order valence-electron chi connectivity index (χ0n) is 10.7. The highest BCUT2D eigenvalue weighted by atomic mass is 16.1. The van der Waals surface area contributed by atoms with Crippen LogP contribution in [-0.4, -0.2) is 49.5 Å². The first-order valence-corrected chi connectivity index (χ1v) is 5.71. The van der Waals surface area contributed by atoms with E-state index in [1.165, 1.54) is 0 Å². The van der Waals surface area contributed by atoms with Crippen LogP contribution in [-0.2, 0) is 0 Å². The summed E-state index contributed by atoms with van der Waals surface area (Å²) in [6, 6.07) is 1.66. The van der Waals surface area contributed by atoms with E-state index in [-0.39, 0.29) is 12.5 Å². The number of carbonyl (C=O) groups excluding carboxylic acids is 1. The second-order valence-electron chi connectivity index (χ2n) is 3.99. The molecule has 0 aliphatic heterocycles. The highest BCUT2D eigenvalue weighted by Crippen LogP contribution is 2.04. The molecule has 5 heteroatoms. The fraction of sp³-hybridized carbons (Fsp3) is 0.385. The molecule has 1 aromatic rings. The number of rotatable bonds is 4. The standard InChI is InChI=1S/C13H18N4O/c1-17(2)9-8-16-13(18)12-5-7-15-10-11(12)4-3-6-14/h5,7,10H,6,8-9,14H2,1-2H3,(H,16,18). The van der Waals surface area contributed by atoms with Crippen LogP contribution in [0.5, 0.6) is 0 Å². The van der Waals surface area contributed by atoms with E-state index in [0.29, 0.717) is 17.7 Å². The molecule has 5 nitrogen and oxygen atoms in total. The van der Waals surface area contributed by atoms with Gasteiger partial charge >= 0.3 is 0 Å². The zero-order valence-corrected chi connectivity index (χ0v) is 10.7. The van der Waals surface area contributed by atoms with Crippen molar-refractivity contribution in [3.05, 3.63) is 29.6 Å². The lowest BCUT2D eigenvalue weighted by Gasteiger charge is -2.10. The first-order valence-electron chi connectivity index (χ1n) is 5.71. The second-order valence-corrected chi connectivity index (χ2v) is 3.99. The molecule has 0 aromatic carbocycles. The van der Waals surface area contributed by atoms with Crippen LogP contribution < -0.4 is 11.1 Å². The third-order valence-corrected chi connectivity index (χ3v) is 2.24. The van der Waals surface area contributed by atoms with Crippen molar-refractivity contribution in [2.45, 2.75) is 0 Å². The van der Waals surface area contributed by atoms with Crippen LogP contribution in [0.15, 0.2) is 18.5 Å². The van der Waals surface area contributed by atoms with Gasteiger partial charge in [-0.15, -0.1) is 0 Å². The minimum absolute atomic E-state index is 0.138. The highest BCUT2D eigenvalue weighted by molar-refractivity contribution is 5.96. The Hall–Kier alpha value is -1.90. The molecule has 0 bridgehead atoms. The maximum Gasteiger partial charge on any atom is 0.252 e. The second kappa shape index (κ2) is 7.43. The number of amides is 1. The third kappa shape index (κ3) is 4.53. The van der Waals surface area contributed by atoms with Crippen LogP contribution in [0.25, 0.3) is 0 Å². The summed E-state index contributed by atoms with van der Waals surface area (Å²) in [5, 5.41) is 2.84. The van der Waals surface area contributed by atoms with Crippen LogP contribution in [0.1, 0.15) is 15.9 Å². The van der Waals surface area contributed by atoms with Crippen LogP contribution in [0.2, 0.25) is 0 Å². The van der Waals surface area contributed by atoms with Gasteiger partial charge in [-0.1, -0.05) is 11.8 Å². The Morgan fingerprint density at radius 2 is 2.33 bits per heavy atom. The molecule has 0 atom stereocenters. The summed E-state index contributed by atoms with van der Waals surface area (Å²) >= 11 is 0. The fourth-order valence-corrected chi connectivity index (χ4v) is 1.33. The Labute approximate surface area is 107 Å². The van der Waals surface area contributed by atoms with Crippen molar-refractivity contribution in [2.75, 3.05) is 33.7 Å². The van der Waals surface area contributed by atoms with Crippen LogP contribution in [0.3, 0.4) is 0 Å². The fourth-order valence-electron chi connectivity index (χ4n) is 1.33. The van der Waals surface area contributed by atoms with E-state index in [1.54, 1.807) is 18.5 Å². The molecule has 0 fully saturated rings. The van der Waals surface area contributed by atoms with Gasteiger partial charge < -0.3 is 16.0 Å². The van der Waals surface area contributed by atoms with E-state index in [1.807, 2.05) is 19.0 Å². The summed E-state index contributed by atoms with van der Waals surface area (Å²) in [5.74, 6) is 5.43. The van der Waals surface area contributed by atoms with Gasteiger partial charge in [0, 0.05) is 25.5 Å². The minimum Gasteiger partial charge on any atom is -0.351 e. The lowest BCUT2D eigenvalue weighted by Crippen LogP contribution is -2.31. The molecular weight excluding hydrogens is 228 g/mol. The normalized spacial score (nSPS) is 9.78. The van der Waals surface area contributed by atoms with Crippen LogP contribution >= 0.6 is 0 Å². The molecule has 1 heterocycles. The molecule has 0 aliphatic carbocycles. The summed E-state index contributed by atoms with van der Waals surface area (Å²) in [7, 11) is 3.91. The maximum absolute atomic E-state index is 12.0. The highest BCUT2D eigenvalue weighted by Gasteiger charge is 2.09. The molecule has 1 rings (SSSR count). The van der Waals surface area contributed by atoms with Crippen molar-refractivity contribution in [1.82, 2.24) is 15.2 Å². The Morgan fingerprint density at radius 1 is 1.56 bits per heavy atom. The van der Waals surface area contributed by atoms with E-state index < -0.39 is 0 Å². The number of pyridine rings is 1. The molecule has 18 heavy (non-hydrogen) atoms. The van der Waals surface area contributed by atoms with Crippen molar-refractivity contribution in [3.63, 3.8) is 0 Å². The Bertz CT molecular complexity index is 460. The quantitative estimate of drug-likeness (QED) is 0.715. The predicted octanol–water partition coefficient (Wildman–Crippen LogP) is -0.317. The Kier molecular flexibility index (Phi) is 5.85. The van der Waals surface area contributed by atoms with E-state index in [2.05, 4.69) is 22.1 Å². The SMILES string of the molecule is CN(C)CCNC(=O)c1ccncc1C#CCN. The average molecular weight is 246 g/mol. The Balaban J connectivity index is 2.73. The molecule has 96 valence electrons. The minimum atomic E-state index is -0.138. The van der Waals surface area contributed by atoms with E-state index >= 15 is 0 Å². The number of likely N-dealkylation sites (N-methyl/N-ethyl adjacent to an activating group) is 1. The third-order valence-electron chi connectivity index (χ3n) is 2.24. The summed E-state index contributed by atoms with van der Waals surface area (Å²) in [4.78, 5) is 17.9. The van der Waals surface area contributed by atoms with E-state index in [4.69, 9.17) is 5.73 Å². The molecule has 0 spiro atoms. The lowest BCUT2D eigenvalue weighted by atomic mass is 10.1. The first kappa shape index (κ1) is 14.2. The maximum atomic E-state index is 12.0. The molecule has 0 saturated heterocycles. The molecule has 0 saturated carbocycles. The largest absolute Gasteiger partial charge is 0.351 e. The number of aromatic nitrogens is 1. The predicted molar refractivity (Wildman–Crippen MR) is 71.1 cm³/mol. The van der Waals surface area contributed by atoms with Crippen molar-refractivity contribution in [3.8, 4) is 11.8 Å². The molecule has 0 unspecified atom stereocenters. The van der Waals surface area contributed by atoms with Crippen LogP contribution in [0.4, 0.5) is 0 Å². The van der Waals surface area contributed by atoms with E-state index in [9.17, 15) is 4.79 Å². The summed E-state index contributed by atoms with van der Waals surface area (Å²) in [6.07, 6.45) is 3.15. The van der Waals surface area contributed by atoms with Gasteiger partial charge in [-0.05, 0) is 20.2 Å². The molecule has 1 aromatic heterocycles. The summed E-state index contributed by atoms with van der Waals surface area (Å²) < 4.78 is 0. The number of carbonyl (C=O) groups is 1. The molecule has 1 amide bonds. The molecule has 0 aliphatic rings. The van der Waals surface area contributed by atoms with Gasteiger partial charge in [0.05, 0.1) is 17.7 Å². The molecular formula is C13H18N4O. The lowest BCUT2D eigenvalue weighted by molar-refractivity contribution is 0.0950. The summed E-state index contributed by atoms with van der Waals surface area (Å²) in [5.41, 5.74) is 6.45. The number of nitrogens with two attached hydrogens (primary N) is 1. The molecule has 0 radical (unpaired) electrons. The number of hydrogen-bond donors (Lipinski definition) is 2. The van der Waals surface area contributed by atoms with Gasteiger partial charge in [0.25, 0.3) is 5.91 Å². The van der Waals surface area contributed by atoms with Gasteiger partial charge in [0.2, 0.25) is 0 Å². The Morgan fingerprint density at radius 3 is 3.00 bits per heavy atom. The van der Waals surface area contributed by atoms with Gasteiger partial charge in [-0.2, -0.15) is 0 Å². The van der Waals surface area contributed by atoms with Crippen molar-refractivity contribution < 1.29 is 4.79 Å². The monoisotopic (exact) mass is 246 g/mol. The van der Waals surface area contributed by atoms with Crippen molar-refractivity contribution in [1.29, 1.82) is 0 Å². The van der Waals surface area contributed by atoms with Gasteiger partial charge in [-0.3, -0.25) is 9.78 Å². The topological polar surface area (TPSA) is 71.2 Å². The van der Waals surface area contributed by atoms with Crippen molar-refractivity contribution >= 4 is 5.91 Å². The van der Waals surface area contributed by atoms with Gasteiger partial charge in [0.15, 0.2) is 0 Å². The van der Waals surface area contributed by atoms with Crippen molar-refractivity contribution in [2.24, 2.45) is 5.73 Å². The van der Waals surface area contributed by atoms with Crippen LogP contribution in [0, 0.1) is 11.8 Å². The van der Waals surface area contributed by atoms with E-state index in [0.717, 1.165) is 6.54 Å². The number of nitrogens with zero attached hydrogens (tertiary/aromatic N) is 2. The first-order chi connectivity index (χ1) is 8.65. The average Bonchev–Trinajstić information content (AvgIpc) is 2.36. The number of hydrogen-bond acceptors (Lipinski definition) is 4. The molecule has 3 N–H and O–H groups in total. The summed E-state index contributed by atoms with van der Waals surface area (Å²) in [6.45, 7) is 1.65. The van der Waals surface area contributed by atoms with Gasteiger partial charge in [-0.25, -0.2) is 0 Å². The smallest absolute Gasteiger partial charge is 0.252 e. The van der Waals surface area contributed by atoms with Gasteiger partial charge in [0.1, 0.15) is 0 Å². The number of nitrogens with one attached hydrogen (secondary N) is 1. The zero-order chi connectivity index (χ0) is 13.4.